The van der Waals surface area contributed by atoms with E-state index in [4.69, 9.17) is 0 Å². The van der Waals surface area contributed by atoms with Gasteiger partial charge in [-0.05, 0) is 17.5 Å². The summed E-state index contributed by atoms with van der Waals surface area (Å²) in [5, 5.41) is 7.37. The fourth-order valence-electron chi connectivity index (χ4n) is 2.08. The van der Waals surface area contributed by atoms with Crippen LogP contribution in [0.5, 0.6) is 0 Å². The van der Waals surface area contributed by atoms with Crippen molar-refractivity contribution in [2.24, 2.45) is 0 Å². The van der Waals surface area contributed by atoms with Crippen molar-refractivity contribution in [1.82, 2.24) is 0 Å². The molecule has 1 aliphatic rings. The first-order valence-corrected chi connectivity index (χ1v) is 5.35. The van der Waals surface area contributed by atoms with Crippen LogP contribution in [0.25, 0.3) is 10.8 Å². The Labute approximate surface area is 97.6 Å². The van der Waals surface area contributed by atoms with E-state index in [0.29, 0.717) is 0 Å². The number of anilines is 2. The molecule has 2 aromatic rings. The van der Waals surface area contributed by atoms with Gasteiger partial charge in [0.1, 0.15) is 6.42 Å². The molecule has 2 amide bonds. The number of benzene rings is 2. The predicted molar refractivity (Wildman–Crippen MR) is 65.8 cm³/mol. The summed E-state index contributed by atoms with van der Waals surface area (Å²) in [6.07, 6.45) is -0.148. The molecule has 0 aliphatic carbocycles. The molecular weight excluding hydrogens is 216 g/mol. The van der Waals surface area contributed by atoms with Crippen molar-refractivity contribution in [1.29, 1.82) is 0 Å². The first-order chi connectivity index (χ1) is 8.24. The second-order valence-corrected chi connectivity index (χ2v) is 3.98. The van der Waals surface area contributed by atoms with Gasteiger partial charge in [-0.3, -0.25) is 9.59 Å². The Morgan fingerprint density at radius 1 is 0.824 bits per heavy atom. The van der Waals surface area contributed by atoms with Crippen LogP contribution in [0.3, 0.4) is 0 Å². The van der Waals surface area contributed by atoms with E-state index >= 15 is 0 Å². The van der Waals surface area contributed by atoms with Gasteiger partial charge in [-0.15, -0.1) is 0 Å². The summed E-state index contributed by atoms with van der Waals surface area (Å²) in [5.41, 5.74) is 1.48. The van der Waals surface area contributed by atoms with Crippen molar-refractivity contribution in [3.63, 3.8) is 0 Å². The lowest BCUT2D eigenvalue weighted by atomic mass is 10.1. The third kappa shape index (κ3) is 1.63. The highest BCUT2D eigenvalue weighted by molar-refractivity contribution is 6.17. The van der Waals surface area contributed by atoms with Gasteiger partial charge in [0.2, 0.25) is 11.8 Å². The summed E-state index contributed by atoms with van der Waals surface area (Å²) in [6, 6.07) is 11.3. The van der Waals surface area contributed by atoms with Gasteiger partial charge >= 0.3 is 0 Å². The summed E-state index contributed by atoms with van der Waals surface area (Å²) in [6.45, 7) is 0. The molecule has 0 aromatic heterocycles. The third-order valence-electron chi connectivity index (χ3n) is 2.77. The van der Waals surface area contributed by atoms with Crippen molar-refractivity contribution >= 4 is 34.0 Å². The maximum absolute atomic E-state index is 11.5. The van der Waals surface area contributed by atoms with Crippen LogP contribution in [0.4, 0.5) is 11.4 Å². The minimum Gasteiger partial charge on any atom is -0.325 e. The lowest BCUT2D eigenvalue weighted by Gasteiger charge is -2.16. The van der Waals surface area contributed by atoms with Crippen LogP contribution in [0.2, 0.25) is 0 Å². The van der Waals surface area contributed by atoms with Crippen LogP contribution in [0.15, 0.2) is 36.4 Å². The molecule has 2 aromatic carbocycles. The summed E-state index contributed by atoms with van der Waals surface area (Å²) in [7, 11) is 0. The van der Waals surface area contributed by atoms with Crippen molar-refractivity contribution in [3.05, 3.63) is 36.4 Å². The van der Waals surface area contributed by atoms with Crippen LogP contribution < -0.4 is 10.6 Å². The van der Waals surface area contributed by atoms with Crippen molar-refractivity contribution < 1.29 is 9.59 Å². The highest BCUT2D eigenvalue weighted by Gasteiger charge is 2.17. The molecule has 2 N–H and O–H groups in total. The van der Waals surface area contributed by atoms with Gasteiger partial charge in [-0.1, -0.05) is 24.3 Å². The van der Waals surface area contributed by atoms with Gasteiger partial charge in [0.05, 0.1) is 11.4 Å². The van der Waals surface area contributed by atoms with Gasteiger partial charge in [0.15, 0.2) is 0 Å². The standard InChI is InChI=1S/C13H10N2O2/c16-11-7-12(17)15-10-6-2-4-8-3-1-5-9(14-11)13(8)10/h1-6H,7H2,(H,14,16)(H,15,17). The highest BCUT2D eigenvalue weighted by atomic mass is 16.2. The molecule has 84 valence electrons. The fourth-order valence-corrected chi connectivity index (χ4v) is 2.08. The number of carbonyl (C=O) groups excluding carboxylic acids is 2. The Kier molecular flexibility index (Phi) is 2.08. The number of hydrogen-bond acceptors (Lipinski definition) is 2. The molecule has 0 bridgehead atoms. The molecule has 3 rings (SSSR count). The van der Waals surface area contributed by atoms with E-state index in [2.05, 4.69) is 10.6 Å². The van der Waals surface area contributed by atoms with Gasteiger partial charge in [0.25, 0.3) is 0 Å². The molecule has 4 nitrogen and oxygen atoms in total. The molecule has 0 saturated carbocycles. The van der Waals surface area contributed by atoms with Crippen molar-refractivity contribution in [2.45, 2.75) is 6.42 Å². The van der Waals surface area contributed by atoms with Crippen LogP contribution in [-0.4, -0.2) is 11.8 Å². The minimum absolute atomic E-state index is 0.148. The topological polar surface area (TPSA) is 58.2 Å². The van der Waals surface area contributed by atoms with Gasteiger partial charge in [0, 0.05) is 5.39 Å². The van der Waals surface area contributed by atoms with Crippen LogP contribution in [0.1, 0.15) is 6.42 Å². The van der Waals surface area contributed by atoms with E-state index in [0.717, 1.165) is 22.1 Å². The van der Waals surface area contributed by atoms with Crippen LogP contribution in [-0.2, 0) is 9.59 Å². The number of amides is 2. The zero-order valence-electron chi connectivity index (χ0n) is 8.99. The van der Waals surface area contributed by atoms with Crippen LogP contribution in [0, 0.1) is 0 Å². The lowest BCUT2D eigenvalue weighted by Crippen LogP contribution is -2.23. The molecule has 1 heterocycles. The molecule has 0 radical (unpaired) electrons. The number of nitrogens with one attached hydrogen (secondary N) is 2. The number of hydrogen-bond donors (Lipinski definition) is 2. The Morgan fingerprint density at radius 2 is 1.35 bits per heavy atom. The molecule has 1 aliphatic heterocycles. The van der Waals surface area contributed by atoms with E-state index < -0.39 is 0 Å². The number of carbonyl (C=O) groups is 2. The van der Waals surface area contributed by atoms with Crippen molar-refractivity contribution in [2.75, 3.05) is 10.6 Å². The normalized spacial score (nSPS) is 14.8. The predicted octanol–water partition coefficient (Wildman–Crippen LogP) is 2.12. The van der Waals surface area contributed by atoms with E-state index in [1.807, 2.05) is 36.4 Å². The Hall–Kier alpha value is -2.36. The second kappa shape index (κ2) is 3.59. The maximum Gasteiger partial charge on any atom is 0.233 e. The zero-order valence-corrected chi connectivity index (χ0v) is 8.99. The minimum atomic E-state index is -0.287. The molecule has 0 atom stereocenters. The van der Waals surface area contributed by atoms with Crippen molar-refractivity contribution in [3.8, 4) is 0 Å². The molecule has 4 heteroatoms. The first kappa shape index (κ1) is 9.84. The first-order valence-electron chi connectivity index (χ1n) is 5.35. The van der Waals surface area contributed by atoms with Crippen LogP contribution >= 0.6 is 0 Å². The lowest BCUT2D eigenvalue weighted by molar-refractivity contribution is -0.123. The van der Waals surface area contributed by atoms with E-state index in [9.17, 15) is 9.59 Å². The quantitative estimate of drug-likeness (QED) is 0.676. The van der Waals surface area contributed by atoms with E-state index in [1.165, 1.54) is 0 Å². The SMILES string of the molecule is O=C1CC(=O)Nc2cccc3cccc(c23)N1. The molecule has 0 fully saturated rings. The Morgan fingerprint density at radius 3 is 1.88 bits per heavy atom. The third-order valence-corrected chi connectivity index (χ3v) is 2.77. The average Bonchev–Trinajstić information content (AvgIpc) is 2.27. The number of rotatable bonds is 0. The average molecular weight is 226 g/mol. The second-order valence-electron chi connectivity index (χ2n) is 3.98. The Bertz CT molecular complexity index is 584. The monoisotopic (exact) mass is 226 g/mol. The molecule has 0 saturated heterocycles. The Balaban J connectivity index is 2.33. The summed E-state index contributed by atoms with van der Waals surface area (Å²) in [5.74, 6) is -0.575. The summed E-state index contributed by atoms with van der Waals surface area (Å²) in [4.78, 5) is 23.0. The molecule has 0 spiro atoms. The maximum atomic E-state index is 11.5. The summed E-state index contributed by atoms with van der Waals surface area (Å²) < 4.78 is 0. The molecule has 0 unspecified atom stereocenters. The smallest absolute Gasteiger partial charge is 0.233 e. The van der Waals surface area contributed by atoms with E-state index in [1.54, 1.807) is 0 Å². The fraction of sp³-hybridized carbons (Fsp3) is 0.0769. The molecule has 17 heavy (non-hydrogen) atoms. The van der Waals surface area contributed by atoms with Gasteiger partial charge < -0.3 is 10.6 Å². The largest absolute Gasteiger partial charge is 0.325 e. The van der Waals surface area contributed by atoms with Gasteiger partial charge in [-0.2, -0.15) is 0 Å². The zero-order chi connectivity index (χ0) is 11.8. The van der Waals surface area contributed by atoms with Gasteiger partial charge in [-0.25, -0.2) is 0 Å². The highest BCUT2D eigenvalue weighted by Crippen LogP contribution is 2.31. The molecular formula is C13H10N2O2. The summed E-state index contributed by atoms with van der Waals surface area (Å²) >= 11 is 0. The van der Waals surface area contributed by atoms with E-state index in [-0.39, 0.29) is 18.2 Å².